The number of hydrogen-bond acceptors (Lipinski definition) is 3. The molecule has 0 saturated heterocycles. The highest BCUT2D eigenvalue weighted by atomic mass is 16.3. The summed E-state index contributed by atoms with van der Waals surface area (Å²) in [6, 6.07) is 0.711. The van der Waals surface area contributed by atoms with Crippen LogP contribution in [0.2, 0.25) is 0 Å². The lowest BCUT2D eigenvalue weighted by molar-refractivity contribution is 0.104. The van der Waals surface area contributed by atoms with Crippen molar-refractivity contribution in [3.63, 3.8) is 0 Å². The van der Waals surface area contributed by atoms with Gasteiger partial charge in [0, 0.05) is 25.7 Å². The Kier molecular flexibility index (Phi) is 6.45. The highest BCUT2D eigenvalue weighted by molar-refractivity contribution is 4.83. The molecule has 0 spiro atoms. The van der Waals surface area contributed by atoms with E-state index in [9.17, 15) is 5.11 Å². The molecular formula is C14H30N2O. The maximum absolute atomic E-state index is 9.21. The number of rotatable bonds is 8. The Morgan fingerprint density at radius 3 is 2.47 bits per heavy atom. The standard InChI is InChI=1S/C14H30N2O/c1-4-15-11-14(2,3)12-16(9-10-17)13-7-5-6-8-13/h13,15,17H,4-12H2,1-3H3. The summed E-state index contributed by atoms with van der Waals surface area (Å²) in [5, 5.41) is 12.7. The molecule has 1 rings (SSSR count). The predicted octanol–water partition coefficient (Wildman–Crippen LogP) is 1.86. The first-order valence-corrected chi connectivity index (χ1v) is 7.14. The fourth-order valence-corrected chi connectivity index (χ4v) is 2.86. The van der Waals surface area contributed by atoms with Gasteiger partial charge >= 0.3 is 0 Å². The van der Waals surface area contributed by atoms with Crippen molar-refractivity contribution in [3.05, 3.63) is 0 Å². The van der Waals surface area contributed by atoms with Gasteiger partial charge in [0.1, 0.15) is 0 Å². The van der Waals surface area contributed by atoms with E-state index in [1.165, 1.54) is 25.7 Å². The maximum atomic E-state index is 9.21. The molecule has 0 aliphatic heterocycles. The molecule has 0 aromatic heterocycles. The minimum absolute atomic E-state index is 0.285. The summed E-state index contributed by atoms with van der Waals surface area (Å²) in [4.78, 5) is 2.50. The van der Waals surface area contributed by atoms with Crippen molar-refractivity contribution in [2.45, 2.75) is 52.5 Å². The van der Waals surface area contributed by atoms with Crippen LogP contribution in [0.5, 0.6) is 0 Å². The summed E-state index contributed by atoms with van der Waals surface area (Å²) >= 11 is 0. The van der Waals surface area contributed by atoms with Crippen LogP contribution in [-0.4, -0.2) is 48.8 Å². The molecular weight excluding hydrogens is 212 g/mol. The van der Waals surface area contributed by atoms with E-state index in [1.807, 2.05) is 0 Å². The Morgan fingerprint density at radius 1 is 1.29 bits per heavy atom. The SMILES string of the molecule is CCNCC(C)(C)CN(CCO)C1CCCC1. The van der Waals surface area contributed by atoms with Crippen LogP contribution in [0.1, 0.15) is 46.5 Å². The van der Waals surface area contributed by atoms with Crippen LogP contribution in [0, 0.1) is 5.41 Å². The Labute approximate surface area is 107 Å². The minimum Gasteiger partial charge on any atom is -0.395 e. The third-order valence-electron chi connectivity index (χ3n) is 3.71. The van der Waals surface area contributed by atoms with Gasteiger partial charge in [-0.15, -0.1) is 0 Å². The van der Waals surface area contributed by atoms with Crippen molar-refractivity contribution in [3.8, 4) is 0 Å². The molecule has 0 atom stereocenters. The molecule has 1 aliphatic rings. The first-order valence-electron chi connectivity index (χ1n) is 7.14. The molecule has 0 amide bonds. The second kappa shape index (κ2) is 7.34. The molecule has 0 aromatic rings. The highest BCUT2D eigenvalue weighted by Crippen LogP contribution is 2.26. The van der Waals surface area contributed by atoms with Crippen LogP contribution < -0.4 is 5.32 Å². The fourth-order valence-electron chi connectivity index (χ4n) is 2.86. The summed E-state index contributed by atoms with van der Waals surface area (Å²) in [6.45, 7) is 11.1. The Bertz CT molecular complexity index is 200. The van der Waals surface area contributed by atoms with Gasteiger partial charge in [-0.25, -0.2) is 0 Å². The van der Waals surface area contributed by atoms with Gasteiger partial charge in [-0.2, -0.15) is 0 Å². The van der Waals surface area contributed by atoms with Crippen LogP contribution in [0.3, 0.4) is 0 Å². The van der Waals surface area contributed by atoms with Crippen molar-refractivity contribution in [1.29, 1.82) is 0 Å². The smallest absolute Gasteiger partial charge is 0.0558 e. The number of nitrogens with zero attached hydrogens (tertiary/aromatic N) is 1. The Morgan fingerprint density at radius 2 is 1.94 bits per heavy atom. The van der Waals surface area contributed by atoms with E-state index in [0.29, 0.717) is 6.04 Å². The number of aliphatic hydroxyl groups excluding tert-OH is 1. The minimum atomic E-state index is 0.285. The fraction of sp³-hybridized carbons (Fsp3) is 1.00. The predicted molar refractivity (Wildman–Crippen MR) is 73.2 cm³/mol. The van der Waals surface area contributed by atoms with Crippen LogP contribution in [0.25, 0.3) is 0 Å². The van der Waals surface area contributed by atoms with Gasteiger partial charge in [-0.3, -0.25) is 4.90 Å². The summed E-state index contributed by atoms with van der Waals surface area (Å²) in [6.07, 6.45) is 5.36. The van der Waals surface area contributed by atoms with E-state index in [1.54, 1.807) is 0 Å². The van der Waals surface area contributed by atoms with Gasteiger partial charge < -0.3 is 10.4 Å². The molecule has 102 valence electrons. The molecule has 1 saturated carbocycles. The zero-order valence-corrected chi connectivity index (χ0v) is 11.8. The lowest BCUT2D eigenvalue weighted by atomic mass is 9.91. The third-order valence-corrected chi connectivity index (χ3v) is 3.71. The topological polar surface area (TPSA) is 35.5 Å². The van der Waals surface area contributed by atoms with Gasteiger partial charge in [-0.1, -0.05) is 33.6 Å². The second-order valence-corrected chi connectivity index (χ2v) is 6.08. The monoisotopic (exact) mass is 242 g/mol. The molecule has 0 radical (unpaired) electrons. The van der Waals surface area contributed by atoms with Crippen molar-refractivity contribution in [2.75, 3.05) is 32.8 Å². The van der Waals surface area contributed by atoms with E-state index in [4.69, 9.17) is 0 Å². The highest BCUT2D eigenvalue weighted by Gasteiger charge is 2.27. The first-order chi connectivity index (χ1) is 8.09. The number of hydrogen-bond donors (Lipinski definition) is 2. The number of aliphatic hydroxyl groups is 1. The van der Waals surface area contributed by atoms with Gasteiger partial charge in [0.05, 0.1) is 6.61 Å². The van der Waals surface area contributed by atoms with Crippen molar-refractivity contribution in [2.24, 2.45) is 5.41 Å². The van der Waals surface area contributed by atoms with Gasteiger partial charge in [0.15, 0.2) is 0 Å². The van der Waals surface area contributed by atoms with E-state index in [0.717, 1.165) is 26.2 Å². The normalized spacial score (nSPS) is 18.2. The molecule has 0 aromatic carbocycles. The maximum Gasteiger partial charge on any atom is 0.0558 e. The molecule has 17 heavy (non-hydrogen) atoms. The second-order valence-electron chi connectivity index (χ2n) is 6.08. The zero-order valence-electron chi connectivity index (χ0n) is 11.8. The molecule has 1 fully saturated rings. The first kappa shape index (κ1) is 14.9. The zero-order chi connectivity index (χ0) is 12.7. The van der Waals surface area contributed by atoms with Gasteiger partial charge in [-0.05, 0) is 24.8 Å². The van der Waals surface area contributed by atoms with Gasteiger partial charge in [0.2, 0.25) is 0 Å². The van der Waals surface area contributed by atoms with Crippen molar-refractivity contribution in [1.82, 2.24) is 10.2 Å². The summed E-state index contributed by atoms with van der Waals surface area (Å²) in [5.74, 6) is 0. The van der Waals surface area contributed by atoms with Crippen LogP contribution in [0.4, 0.5) is 0 Å². The largest absolute Gasteiger partial charge is 0.395 e. The van der Waals surface area contributed by atoms with E-state index in [-0.39, 0.29) is 12.0 Å². The average molecular weight is 242 g/mol. The molecule has 2 N–H and O–H groups in total. The molecule has 0 heterocycles. The molecule has 3 heteroatoms. The summed E-state index contributed by atoms with van der Waals surface area (Å²) in [5.41, 5.74) is 0.285. The summed E-state index contributed by atoms with van der Waals surface area (Å²) in [7, 11) is 0. The van der Waals surface area contributed by atoms with E-state index < -0.39 is 0 Å². The van der Waals surface area contributed by atoms with Crippen LogP contribution in [-0.2, 0) is 0 Å². The quantitative estimate of drug-likeness (QED) is 0.682. The lowest BCUT2D eigenvalue weighted by Crippen LogP contribution is -2.45. The van der Waals surface area contributed by atoms with Crippen LogP contribution in [0.15, 0.2) is 0 Å². The lowest BCUT2D eigenvalue weighted by Gasteiger charge is -2.36. The molecule has 3 nitrogen and oxygen atoms in total. The number of nitrogens with one attached hydrogen (secondary N) is 1. The molecule has 0 unspecified atom stereocenters. The molecule has 1 aliphatic carbocycles. The van der Waals surface area contributed by atoms with Crippen LogP contribution >= 0.6 is 0 Å². The van der Waals surface area contributed by atoms with E-state index >= 15 is 0 Å². The van der Waals surface area contributed by atoms with Crippen molar-refractivity contribution < 1.29 is 5.11 Å². The Hall–Kier alpha value is -0.120. The van der Waals surface area contributed by atoms with Crippen molar-refractivity contribution >= 4 is 0 Å². The van der Waals surface area contributed by atoms with E-state index in [2.05, 4.69) is 31.0 Å². The third kappa shape index (κ3) is 5.36. The average Bonchev–Trinajstić information content (AvgIpc) is 2.79. The Balaban J connectivity index is 2.46. The molecule has 0 bridgehead atoms. The summed E-state index contributed by atoms with van der Waals surface area (Å²) < 4.78 is 0. The van der Waals surface area contributed by atoms with Gasteiger partial charge in [0.25, 0.3) is 0 Å².